The molecule has 8 heteroatoms. The summed E-state index contributed by atoms with van der Waals surface area (Å²) in [6, 6.07) is 12.3. The molecule has 0 saturated carbocycles. The fourth-order valence-corrected chi connectivity index (χ4v) is 3.69. The Kier molecular flexibility index (Phi) is 4.57. The normalized spacial score (nSPS) is 11.6. The number of nitrogens with one attached hydrogen (secondary N) is 2. The van der Waals surface area contributed by atoms with Crippen molar-refractivity contribution >= 4 is 26.6 Å². The SMILES string of the molecule is CC(C)Cn1[nH]c2ccc(NS(=O)(=O)c3ccc(C#N)cc3)cc2c1=O. The number of nitriles is 1. The summed E-state index contributed by atoms with van der Waals surface area (Å²) >= 11 is 0. The maximum Gasteiger partial charge on any atom is 0.274 e. The van der Waals surface area contributed by atoms with E-state index in [1.807, 2.05) is 19.9 Å². The molecule has 3 aromatic rings. The second kappa shape index (κ2) is 6.69. The molecular weight excluding hydrogens is 352 g/mol. The molecule has 134 valence electrons. The van der Waals surface area contributed by atoms with E-state index in [0.717, 1.165) is 0 Å². The molecule has 1 aromatic heterocycles. The van der Waals surface area contributed by atoms with Crippen LogP contribution in [0.15, 0.2) is 52.2 Å². The van der Waals surface area contributed by atoms with Gasteiger partial charge in [-0.05, 0) is 48.4 Å². The minimum Gasteiger partial charge on any atom is -0.295 e. The van der Waals surface area contributed by atoms with Crippen molar-refractivity contribution in [3.8, 4) is 6.07 Å². The first-order chi connectivity index (χ1) is 12.3. The Bertz CT molecular complexity index is 1150. The van der Waals surface area contributed by atoms with E-state index >= 15 is 0 Å². The molecule has 7 nitrogen and oxygen atoms in total. The number of hydrogen-bond donors (Lipinski definition) is 2. The number of H-pyrrole nitrogens is 1. The average Bonchev–Trinajstić information content (AvgIpc) is 2.90. The molecular formula is C18H18N4O3S. The van der Waals surface area contributed by atoms with E-state index in [2.05, 4.69) is 9.82 Å². The zero-order valence-corrected chi connectivity index (χ0v) is 15.2. The van der Waals surface area contributed by atoms with E-state index in [1.54, 1.807) is 12.1 Å². The van der Waals surface area contributed by atoms with Crippen LogP contribution in [0, 0.1) is 17.2 Å². The Labute approximate surface area is 150 Å². The number of nitrogens with zero attached hydrogens (tertiary/aromatic N) is 2. The Morgan fingerprint density at radius 3 is 2.50 bits per heavy atom. The van der Waals surface area contributed by atoms with Crippen LogP contribution in [0.2, 0.25) is 0 Å². The highest BCUT2D eigenvalue weighted by molar-refractivity contribution is 7.92. The summed E-state index contributed by atoms with van der Waals surface area (Å²) < 4.78 is 29.0. The van der Waals surface area contributed by atoms with E-state index in [0.29, 0.717) is 34.6 Å². The molecule has 26 heavy (non-hydrogen) atoms. The highest BCUT2D eigenvalue weighted by Gasteiger charge is 2.15. The van der Waals surface area contributed by atoms with Crippen molar-refractivity contribution in [3.63, 3.8) is 0 Å². The maximum atomic E-state index is 12.5. The summed E-state index contributed by atoms with van der Waals surface area (Å²) in [5, 5.41) is 12.2. The predicted octanol–water partition coefficient (Wildman–Crippen LogP) is 2.66. The van der Waals surface area contributed by atoms with Crippen molar-refractivity contribution in [2.24, 2.45) is 5.92 Å². The van der Waals surface area contributed by atoms with E-state index in [1.165, 1.54) is 35.0 Å². The third-order valence-corrected chi connectivity index (χ3v) is 5.24. The van der Waals surface area contributed by atoms with E-state index in [-0.39, 0.29) is 10.5 Å². The van der Waals surface area contributed by atoms with Gasteiger partial charge in [-0.3, -0.25) is 19.3 Å². The Morgan fingerprint density at radius 2 is 1.88 bits per heavy atom. The summed E-state index contributed by atoms with van der Waals surface area (Å²) in [5.41, 5.74) is 1.14. The number of anilines is 1. The number of aromatic nitrogens is 2. The van der Waals surface area contributed by atoms with Gasteiger partial charge in [-0.2, -0.15) is 5.26 Å². The standard InChI is InChI=1S/C18H18N4O3S/c1-12(2)11-22-18(23)16-9-14(5-8-17(16)20-22)21-26(24,25)15-6-3-13(10-19)4-7-15/h3-9,12,20-21H,11H2,1-2H3. The third kappa shape index (κ3) is 3.48. The molecule has 1 heterocycles. The molecule has 0 aliphatic rings. The Hall–Kier alpha value is -3.05. The lowest BCUT2D eigenvalue weighted by Gasteiger charge is -2.08. The van der Waals surface area contributed by atoms with Crippen LogP contribution >= 0.6 is 0 Å². The van der Waals surface area contributed by atoms with Gasteiger partial charge in [-0.25, -0.2) is 8.42 Å². The highest BCUT2D eigenvalue weighted by atomic mass is 32.2. The zero-order valence-electron chi connectivity index (χ0n) is 14.4. The quantitative estimate of drug-likeness (QED) is 0.720. The Morgan fingerprint density at radius 1 is 1.19 bits per heavy atom. The molecule has 0 spiro atoms. The van der Waals surface area contributed by atoms with Crippen LogP contribution in [-0.4, -0.2) is 18.2 Å². The minimum absolute atomic E-state index is 0.0443. The molecule has 3 rings (SSSR count). The molecule has 0 saturated heterocycles. The maximum absolute atomic E-state index is 12.5. The summed E-state index contributed by atoms with van der Waals surface area (Å²) in [7, 11) is -3.81. The molecule has 0 bridgehead atoms. The van der Waals surface area contributed by atoms with Gasteiger partial charge in [0.05, 0.1) is 27.4 Å². The molecule has 0 radical (unpaired) electrons. The summed E-state index contributed by atoms with van der Waals surface area (Å²) in [5.74, 6) is 0.301. The van der Waals surface area contributed by atoms with Gasteiger partial charge >= 0.3 is 0 Å². The van der Waals surface area contributed by atoms with Gasteiger partial charge in [0.25, 0.3) is 15.6 Å². The molecule has 2 N–H and O–H groups in total. The first-order valence-electron chi connectivity index (χ1n) is 8.06. The van der Waals surface area contributed by atoms with Crippen LogP contribution in [0.3, 0.4) is 0 Å². The lowest BCUT2D eigenvalue weighted by Crippen LogP contribution is -2.19. The largest absolute Gasteiger partial charge is 0.295 e. The van der Waals surface area contributed by atoms with Crippen molar-refractivity contribution in [2.45, 2.75) is 25.3 Å². The summed E-state index contributed by atoms with van der Waals surface area (Å²) in [4.78, 5) is 12.5. The predicted molar refractivity (Wildman–Crippen MR) is 99.4 cm³/mol. The minimum atomic E-state index is -3.81. The topological polar surface area (TPSA) is 108 Å². The number of fused-ring (bicyclic) bond motifs is 1. The molecule has 0 aliphatic carbocycles. The van der Waals surface area contributed by atoms with Gasteiger partial charge < -0.3 is 0 Å². The number of rotatable bonds is 5. The summed E-state index contributed by atoms with van der Waals surface area (Å²) in [6.45, 7) is 4.57. The lowest BCUT2D eigenvalue weighted by atomic mass is 10.2. The fourth-order valence-electron chi connectivity index (χ4n) is 2.64. The van der Waals surface area contributed by atoms with E-state index < -0.39 is 10.0 Å². The zero-order chi connectivity index (χ0) is 18.9. The van der Waals surface area contributed by atoms with Crippen LogP contribution in [0.4, 0.5) is 5.69 Å². The van der Waals surface area contributed by atoms with Gasteiger partial charge in [-0.15, -0.1) is 0 Å². The van der Waals surface area contributed by atoms with Gasteiger partial charge in [-0.1, -0.05) is 13.8 Å². The second-order valence-corrected chi connectivity index (χ2v) is 8.11. The van der Waals surface area contributed by atoms with E-state index in [4.69, 9.17) is 5.26 Å². The first kappa shape index (κ1) is 17.8. The smallest absolute Gasteiger partial charge is 0.274 e. The molecule has 0 fully saturated rings. The van der Waals surface area contributed by atoms with Crippen LogP contribution in [0.1, 0.15) is 19.4 Å². The third-order valence-electron chi connectivity index (χ3n) is 3.84. The van der Waals surface area contributed by atoms with Crippen LogP contribution in [-0.2, 0) is 16.6 Å². The van der Waals surface area contributed by atoms with Crippen LogP contribution in [0.25, 0.3) is 10.9 Å². The van der Waals surface area contributed by atoms with Crippen molar-refractivity contribution in [1.82, 2.24) is 9.78 Å². The van der Waals surface area contributed by atoms with Crippen molar-refractivity contribution in [1.29, 1.82) is 5.26 Å². The number of sulfonamides is 1. The van der Waals surface area contributed by atoms with Crippen LogP contribution < -0.4 is 10.3 Å². The van der Waals surface area contributed by atoms with E-state index in [9.17, 15) is 13.2 Å². The molecule has 0 unspecified atom stereocenters. The van der Waals surface area contributed by atoms with Gasteiger partial charge in [0.1, 0.15) is 0 Å². The van der Waals surface area contributed by atoms with Gasteiger partial charge in [0, 0.05) is 12.2 Å². The van der Waals surface area contributed by atoms with Crippen LogP contribution in [0.5, 0.6) is 0 Å². The van der Waals surface area contributed by atoms with Gasteiger partial charge in [0.2, 0.25) is 0 Å². The summed E-state index contributed by atoms with van der Waals surface area (Å²) in [6.07, 6.45) is 0. The molecule has 0 aliphatic heterocycles. The average molecular weight is 370 g/mol. The second-order valence-electron chi connectivity index (χ2n) is 6.42. The van der Waals surface area contributed by atoms with Crippen molar-refractivity contribution in [3.05, 3.63) is 58.4 Å². The first-order valence-corrected chi connectivity index (χ1v) is 9.54. The number of hydrogen-bond acceptors (Lipinski definition) is 4. The molecule has 0 amide bonds. The monoisotopic (exact) mass is 370 g/mol. The van der Waals surface area contributed by atoms with Crippen molar-refractivity contribution < 1.29 is 8.42 Å². The highest BCUT2D eigenvalue weighted by Crippen LogP contribution is 2.20. The lowest BCUT2D eigenvalue weighted by molar-refractivity contribution is 0.476. The molecule has 0 atom stereocenters. The van der Waals surface area contributed by atoms with Crippen molar-refractivity contribution in [2.75, 3.05) is 4.72 Å². The fraction of sp³-hybridized carbons (Fsp3) is 0.222. The molecule has 2 aromatic carbocycles. The van der Waals surface area contributed by atoms with Gasteiger partial charge in [0.15, 0.2) is 0 Å². The number of benzene rings is 2. The number of aromatic amines is 1. The Balaban J connectivity index is 1.94.